The lowest BCUT2D eigenvalue weighted by Crippen LogP contribution is -2.46. The van der Waals surface area contributed by atoms with E-state index in [1.165, 1.54) is 12.3 Å². The van der Waals surface area contributed by atoms with Gasteiger partial charge in [-0.2, -0.15) is 0 Å². The van der Waals surface area contributed by atoms with E-state index in [0.29, 0.717) is 11.0 Å². The van der Waals surface area contributed by atoms with Gasteiger partial charge in [0.05, 0.1) is 12.1 Å². The van der Waals surface area contributed by atoms with Gasteiger partial charge in [-0.15, -0.1) is 0 Å². The number of carboxylic acid groups (broad SMARTS) is 1. The summed E-state index contributed by atoms with van der Waals surface area (Å²) >= 11 is 0. The standard InChI is InChI=1S/C22H21F3N4O2/c23-12-6-13-14(9-27-20(13)26-8-12)19-15(24)7-16(25)21(29-19)28-18-11-3-1-2-10(4-5-11)17(18)22(30)31/h6-11,17-18H,1-5H2,(H,26,27)(H,28,29)(H,30,31)/t10-,11-,17-,18-/m0/s1. The molecule has 4 atom stereocenters. The largest absolute Gasteiger partial charge is 0.481 e. The Bertz CT molecular complexity index is 1160. The molecule has 0 aromatic carbocycles. The summed E-state index contributed by atoms with van der Waals surface area (Å²) in [5.41, 5.74) is 0.441. The molecule has 6 nitrogen and oxygen atoms in total. The van der Waals surface area contributed by atoms with E-state index in [-0.39, 0.29) is 28.9 Å². The van der Waals surface area contributed by atoms with Crippen molar-refractivity contribution in [2.24, 2.45) is 17.8 Å². The van der Waals surface area contributed by atoms with E-state index in [0.717, 1.165) is 44.4 Å². The van der Waals surface area contributed by atoms with Crippen LogP contribution < -0.4 is 5.32 Å². The Morgan fingerprint density at radius 1 is 1.10 bits per heavy atom. The van der Waals surface area contributed by atoms with Gasteiger partial charge in [-0.3, -0.25) is 4.79 Å². The van der Waals surface area contributed by atoms with Crippen molar-refractivity contribution in [2.45, 2.75) is 38.1 Å². The molecule has 3 aliphatic rings. The summed E-state index contributed by atoms with van der Waals surface area (Å²) in [6.45, 7) is 0. The zero-order valence-corrected chi connectivity index (χ0v) is 16.5. The second kappa shape index (κ2) is 7.55. The van der Waals surface area contributed by atoms with E-state index in [2.05, 4.69) is 20.3 Å². The SMILES string of the molecule is O=C(O)[C@H]1[C@H]2CCC[C@@H](CC2)[C@@H]1Nc1nc(-c2c[nH]c3ncc(F)cc23)c(F)cc1F. The van der Waals surface area contributed by atoms with E-state index in [9.17, 15) is 23.1 Å². The molecular formula is C22H21F3N4O2. The van der Waals surface area contributed by atoms with Gasteiger partial charge in [-0.1, -0.05) is 6.42 Å². The van der Waals surface area contributed by atoms with Crippen LogP contribution in [0.25, 0.3) is 22.3 Å². The predicted octanol–water partition coefficient (Wildman–Crippen LogP) is 4.73. The Kier molecular flexibility index (Phi) is 4.83. The van der Waals surface area contributed by atoms with Crippen molar-refractivity contribution >= 4 is 22.8 Å². The number of halogens is 3. The van der Waals surface area contributed by atoms with Crippen LogP contribution in [0.3, 0.4) is 0 Å². The van der Waals surface area contributed by atoms with Crippen LogP contribution >= 0.6 is 0 Å². The summed E-state index contributed by atoms with van der Waals surface area (Å²) in [6, 6.07) is 1.44. The summed E-state index contributed by atoms with van der Waals surface area (Å²) < 4.78 is 43.0. The molecule has 0 aliphatic heterocycles. The molecule has 3 aliphatic carbocycles. The number of aromatic amines is 1. The van der Waals surface area contributed by atoms with Gasteiger partial charge in [0, 0.05) is 29.3 Å². The van der Waals surface area contributed by atoms with Crippen molar-refractivity contribution in [3.63, 3.8) is 0 Å². The molecule has 162 valence electrons. The molecule has 0 saturated heterocycles. The molecule has 9 heteroatoms. The van der Waals surface area contributed by atoms with Crippen molar-refractivity contribution < 1.29 is 23.1 Å². The highest BCUT2D eigenvalue weighted by molar-refractivity contribution is 5.92. The minimum atomic E-state index is -0.907. The number of H-pyrrole nitrogens is 1. The third-order valence-corrected chi connectivity index (χ3v) is 6.73. The highest BCUT2D eigenvalue weighted by Gasteiger charge is 2.45. The number of rotatable bonds is 4. The average Bonchev–Trinajstić information content (AvgIpc) is 2.89. The number of nitrogens with one attached hydrogen (secondary N) is 2. The van der Waals surface area contributed by atoms with Gasteiger partial charge in [0.1, 0.15) is 17.2 Å². The summed E-state index contributed by atoms with van der Waals surface area (Å²) in [7, 11) is 0. The van der Waals surface area contributed by atoms with Gasteiger partial charge in [-0.05, 0) is 43.6 Å². The van der Waals surface area contributed by atoms with Crippen molar-refractivity contribution in [1.82, 2.24) is 15.0 Å². The smallest absolute Gasteiger partial charge is 0.308 e. The first-order chi connectivity index (χ1) is 14.9. The Morgan fingerprint density at radius 2 is 1.87 bits per heavy atom. The molecule has 6 rings (SSSR count). The lowest BCUT2D eigenvalue weighted by molar-refractivity contribution is -0.145. The third kappa shape index (κ3) is 3.41. The summed E-state index contributed by atoms with van der Waals surface area (Å²) in [4.78, 5) is 22.9. The Labute approximate surface area is 175 Å². The normalized spacial score (nSPS) is 25.5. The number of carbonyl (C=O) groups is 1. The lowest BCUT2D eigenvalue weighted by Gasteiger charge is -2.39. The van der Waals surface area contributed by atoms with E-state index in [1.807, 2.05) is 0 Å². The summed E-state index contributed by atoms with van der Waals surface area (Å²) in [5.74, 6) is -4.02. The van der Waals surface area contributed by atoms with Crippen LogP contribution in [-0.4, -0.2) is 32.1 Å². The zero-order valence-electron chi connectivity index (χ0n) is 16.5. The number of fused-ring (bicyclic) bond motifs is 5. The number of carboxylic acids is 1. The van der Waals surface area contributed by atoms with Gasteiger partial charge < -0.3 is 15.4 Å². The van der Waals surface area contributed by atoms with E-state index >= 15 is 0 Å². The summed E-state index contributed by atoms with van der Waals surface area (Å²) in [6.07, 6.45) is 6.84. The fourth-order valence-corrected chi connectivity index (χ4v) is 5.31. The zero-order chi connectivity index (χ0) is 21.7. The van der Waals surface area contributed by atoms with E-state index < -0.39 is 35.4 Å². The van der Waals surface area contributed by atoms with Gasteiger partial charge in [0.25, 0.3) is 0 Å². The Morgan fingerprint density at radius 3 is 2.68 bits per heavy atom. The van der Waals surface area contributed by atoms with Crippen LogP contribution in [0.2, 0.25) is 0 Å². The first-order valence-corrected chi connectivity index (χ1v) is 10.4. The number of hydrogen-bond donors (Lipinski definition) is 3. The van der Waals surface area contributed by atoms with Crippen LogP contribution in [0.1, 0.15) is 32.1 Å². The predicted molar refractivity (Wildman–Crippen MR) is 108 cm³/mol. The molecule has 3 saturated carbocycles. The molecule has 31 heavy (non-hydrogen) atoms. The van der Waals surface area contributed by atoms with Gasteiger partial charge >= 0.3 is 5.97 Å². The first kappa shape index (κ1) is 19.8. The molecule has 0 amide bonds. The maximum absolute atomic E-state index is 14.7. The number of pyridine rings is 2. The van der Waals surface area contributed by atoms with Crippen molar-refractivity contribution in [1.29, 1.82) is 0 Å². The van der Waals surface area contributed by atoms with Crippen LogP contribution in [-0.2, 0) is 4.79 Å². The Hall–Kier alpha value is -3.10. The minimum absolute atomic E-state index is 0.0272. The number of nitrogens with zero attached hydrogens (tertiary/aromatic N) is 2. The molecular weight excluding hydrogens is 409 g/mol. The molecule has 3 aromatic rings. The van der Waals surface area contributed by atoms with Gasteiger partial charge in [0.2, 0.25) is 0 Å². The maximum atomic E-state index is 14.7. The summed E-state index contributed by atoms with van der Waals surface area (Å²) in [5, 5.41) is 13.2. The van der Waals surface area contributed by atoms with Crippen molar-refractivity contribution in [2.75, 3.05) is 5.32 Å². The van der Waals surface area contributed by atoms with E-state index in [1.54, 1.807) is 0 Å². The molecule has 0 radical (unpaired) electrons. The first-order valence-electron chi connectivity index (χ1n) is 10.4. The number of aliphatic carboxylic acids is 1. The van der Waals surface area contributed by atoms with Gasteiger partial charge in [0.15, 0.2) is 17.5 Å². The van der Waals surface area contributed by atoms with Crippen LogP contribution in [0.4, 0.5) is 19.0 Å². The second-order valence-electron chi connectivity index (χ2n) is 8.46. The highest BCUT2D eigenvalue weighted by atomic mass is 19.1. The second-order valence-corrected chi connectivity index (χ2v) is 8.46. The van der Waals surface area contributed by atoms with Gasteiger partial charge in [-0.25, -0.2) is 23.1 Å². The monoisotopic (exact) mass is 430 g/mol. The quantitative estimate of drug-likeness (QED) is 0.557. The third-order valence-electron chi connectivity index (χ3n) is 6.73. The van der Waals surface area contributed by atoms with Crippen molar-refractivity contribution in [3.05, 3.63) is 42.0 Å². The van der Waals surface area contributed by atoms with E-state index in [4.69, 9.17) is 0 Å². The Balaban J connectivity index is 1.56. The lowest BCUT2D eigenvalue weighted by atomic mass is 9.71. The topological polar surface area (TPSA) is 90.9 Å². The number of aromatic nitrogens is 3. The molecule has 0 spiro atoms. The number of anilines is 1. The highest BCUT2D eigenvalue weighted by Crippen LogP contribution is 2.44. The molecule has 3 fully saturated rings. The van der Waals surface area contributed by atoms with Crippen LogP contribution in [0, 0.1) is 35.2 Å². The minimum Gasteiger partial charge on any atom is -0.481 e. The molecule has 0 unspecified atom stereocenters. The fraction of sp³-hybridized carbons (Fsp3) is 0.409. The number of hydrogen-bond acceptors (Lipinski definition) is 4. The fourth-order valence-electron chi connectivity index (χ4n) is 5.31. The molecule has 3 heterocycles. The maximum Gasteiger partial charge on any atom is 0.308 e. The molecule has 3 N–H and O–H groups in total. The molecule has 3 aromatic heterocycles. The van der Waals surface area contributed by atoms with Crippen LogP contribution in [0.5, 0.6) is 0 Å². The average molecular weight is 430 g/mol. The molecule has 2 bridgehead atoms. The van der Waals surface area contributed by atoms with Crippen molar-refractivity contribution in [3.8, 4) is 11.3 Å². The van der Waals surface area contributed by atoms with Crippen LogP contribution in [0.15, 0.2) is 24.5 Å².